The normalized spacial score (nSPS) is 11.1. The highest BCUT2D eigenvalue weighted by Gasteiger charge is 2.12. The molecule has 1 aromatic heterocycles. The van der Waals surface area contributed by atoms with Crippen molar-refractivity contribution in [2.45, 2.75) is 45.6 Å². The smallest absolute Gasteiger partial charge is 0.199 e. The van der Waals surface area contributed by atoms with Crippen LogP contribution in [0.25, 0.3) is 0 Å². The third-order valence-electron chi connectivity index (χ3n) is 4.00. The van der Waals surface area contributed by atoms with Crippen LogP contribution in [0, 0.1) is 5.82 Å². The molecule has 0 fully saturated rings. The molecule has 0 unspecified atom stereocenters. The number of nitrogens with one attached hydrogen (secondary N) is 1. The van der Waals surface area contributed by atoms with Crippen LogP contribution in [-0.4, -0.2) is 18.4 Å². The number of carbonyl (C=O) groups is 1. The molecule has 1 N–H and O–H groups in total. The number of ketones is 1. The number of furan rings is 1. The molecule has 0 spiro atoms. The van der Waals surface area contributed by atoms with Crippen LogP contribution in [0.4, 0.5) is 4.39 Å². The third kappa shape index (κ3) is 5.32. The van der Waals surface area contributed by atoms with Crippen LogP contribution < -0.4 is 5.32 Å². The lowest BCUT2D eigenvalue weighted by atomic mass is 10.1. The van der Waals surface area contributed by atoms with Gasteiger partial charge in [-0.3, -0.25) is 4.79 Å². The van der Waals surface area contributed by atoms with Crippen LogP contribution in [-0.2, 0) is 6.42 Å². The van der Waals surface area contributed by atoms with Crippen molar-refractivity contribution in [3.63, 3.8) is 0 Å². The molecule has 0 aliphatic carbocycles. The summed E-state index contributed by atoms with van der Waals surface area (Å²) in [4.78, 5) is 12.1. The molecule has 1 aromatic carbocycles. The van der Waals surface area contributed by atoms with Crippen LogP contribution in [0.1, 0.15) is 55.0 Å². The molecule has 0 aliphatic rings. The van der Waals surface area contributed by atoms with Gasteiger partial charge in [-0.05, 0) is 42.7 Å². The molecule has 0 atom stereocenters. The minimum absolute atomic E-state index is 0.00816. The molecule has 0 aliphatic heterocycles. The summed E-state index contributed by atoms with van der Waals surface area (Å²) in [5.74, 6) is 0.865. The van der Waals surface area contributed by atoms with Crippen molar-refractivity contribution in [1.82, 2.24) is 5.32 Å². The second kappa shape index (κ2) is 8.63. The Labute approximate surface area is 136 Å². The number of benzene rings is 1. The van der Waals surface area contributed by atoms with Gasteiger partial charge in [-0.1, -0.05) is 26.0 Å². The van der Waals surface area contributed by atoms with Gasteiger partial charge in [0.2, 0.25) is 0 Å². The average Bonchev–Trinajstić information content (AvgIpc) is 3.02. The largest absolute Gasteiger partial charge is 0.458 e. The van der Waals surface area contributed by atoms with E-state index in [4.69, 9.17) is 4.42 Å². The predicted molar refractivity (Wildman–Crippen MR) is 89.2 cm³/mol. The van der Waals surface area contributed by atoms with Crippen LogP contribution in [0.15, 0.2) is 40.8 Å². The van der Waals surface area contributed by atoms with Gasteiger partial charge in [-0.25, -0.2) is 4.39 Å². The van der Waals surface area contributed by atoms with E-state index in [1.54, 1.807) is 18.2 Å². The van der Waals surface area contributed by atoms with Gasteiger partial charge < -0.3 is 9.73 Å². The summed E-state index contributed by atoms with van der Waals surface area (Å²) in [5.41, 5.74) is 0.954. The van der Waals surface area contributed by atoms with Crippen molar-refractivity contribution in [1.29, 1.82) is 0 Å². The molecule has 0 saturated heterocycles. The summed E-state index contributed by atoms with van der Waals surface area (Å²) in [6.45, 7) is 4.94. The minimum Gasteiger partial charge on any atom is -0.458 e. The standard InChI is InChI=1S/C19H24FNO2/c1-3-16(4-2)21-12-11-18(22)19-10-9-17(23-19)13-14-5-7-15(20)8-6-14/h5-10,16,21H,3-4,11-13H2,1-2H3. The molecule has 23 heavy (non-hydrogen) atoms. The lowest BCUT2D eigenvalue weighted by Crippen LogP contribution is -2.29. The summed E-state index contributed by atoms with van der Waals surface area (Å²) >= 11 is 0. The van der Waals surface area contributed by atoms with Crippen molar-refractivity contribution in [2.75, 3.05) is 6.54 Å². The first-order chi connectivity index (χ1) is 11.1. The molecular formula is C19H24FNO2. The fourth-order valence-corrected chi connectivity index (χ4v) is 2.52. The van der Waals surface area contributed by atoms with Crippen LogP contribution >= 0.6 is 0 Å². The van der Waals surface area contributed by atoms with Crippen molar-refractivity contribution >= 4 is 5.78 Å². The van der Waals surface area contributed by atoms with Gasteiger partial charge in [0, 0.05) is 25.4 Å². The molecule has 1 heterocycles. The van der Waals surface area contributed by atoms with Crippen molar-refractivity contribution in [3.05, 3.63) is 59.3 Å². The van der Waals surface area contributed by atoms with E-state index in [1.807, 2.05) is 6.07 Å². The predicted octanol–water partition coefficient (Wildman–Crippen LogP) is 4.36. The Morgan fingerprint density at radius 2 is 1.83 bits per heavy atom. The molecule has 4 heteroatoms. The topological polar surface area (TPSA) is 42.2 Å². The van der Waals surface area contributed by atoms with Gasteiger partial charge in [-0.2, -0.15) is 0 Å². The maximum absolute atomic E-state index is 12.9. The van der Waals surface area contributed by atoms with E-state index in [0.717, 1.165) is 18.4 Å². The Morgan fingerprint density at radius 3 is 2.48 bits per heavy atom. The Hall–Kier alpha value is -1.94. The van der Waals surface area contributed by atoms with E-state index >= 15 is 0 Å². The van der Waals surface area contributed by atoms with Gasteiger partial charge >= 0.3 is 0 Å². The summed E-state index contributed by atoms with van der Waals surface area (Å²) in [5, 5.41) is 3.37. The summed E-state index contributed by atoms with van der Waals surface area (Å²) in [6, 6.07) is 10.3. The van der Waals surface area contributed by atoms with Crippen LogP contribution in [0.3, 0.4) is 0 Å². The third-order valence-corrected chi connectivity index (χ3v) is 4.00. The molecular weight excluding hydrogens is 293 g/mol. The number of Topliss-reactive ketones (excluding diaryl/α,β-unsaturated/α-hetero) is 1. The van der Waals surface area contributed by atoms with Gasteiger partial charge in [0.25, 0.3) is 0 Å². The second-order valence-electron chi connectivity index (χ2n) is 5.71. The molecule has 3 nitrogen and oxygen atoms in total. The second-order valence-corrected chi connectivity index (χ2v) is 5.71. The van der Waals surface area contributed by atoms with Crippen LogP contribution in [0.2, 0.25) is 0 Å². The first kappa shape index (κ1) is 17.4. The first-order valence-electron chi connectivity index (χ1n) is 8.22. The lowest BCUT2D eigenvalue weighted by molar-refractivity contribution is 0.0953. The van der Waals surface area contributed by atoms with Crippen molar-refractivity contribution < 1.29 is 13.6 Å². The zero-order valence-electron chi connectivity index (χ0n) is 13.8. The molecule has 124 valence electrons. The number of hydrogen-bond donors (Lipinski definition) is 1. The highest BCUT2D eigenvalue weighted by Crippen LogP contribution is 2.15. The lowest BCUT2D eigenvalue weighted by Gasteiger charge is -2.13. The number of rotatable bonds is 9. The van der Waals surface area contributed by atoms with E-state index in [-0.39, 0.29) is 11.6 Å². The van der Waals surface area contributed by atoms with E-state index in [0.29, 0.717) is 36.9 Å². The summed E-state index contributed by atoms with van der Waals surface area (Å²) in [6.07, 6.45) is 3.11. The number of halogens is 1. The minimum atomic E-state index is -0.256. The maximum atomic E-state index is 12.9. The highest BCUT2D eigenvalue weighted by atomic mass is 19.1. The Kier molecular flexibility index (Phi) is 6.53. The SMILES string of the molecule is CCC(CC)NCCC(=O)c1ccc(Cc2ccc(F)cc2)o1. The van der Waals surface area contributed by atoms with Gasteiger partial charge in [0.15, 0.2) is 11.5 Å². The van der Waals surface area contributed by atoms with Crippen LogP contribution in [0.5, 0.6) is 0 Å². The van der Waals surface area contributed by atoms with E-state index < -0.39 is 0 Å². The summed E-state index contributed by atoms with van der Waals surface area (Å²) < 4.78 is 18.5. The van der Waals surface area contributed by atoms with Crippen molar-refractivity contribution in [3.8, 4) is 0 Å². The molecule has 0 radical (unpaired) electrons. The highest BCUT2D eigenvalue weighted by molar-refractivity contribution is 5.93. The van der Waals surface area contributed by atoms with Crippen molar-refractivity contribution in [2.24, 2.45) is 0 Å². The van der Waals surface area contributed by atoms with E-state index in [2.05, 4.69) is 19.2 Å². The molecule has 2 rings (SSSR count). The monoisotopic (exact) mass is 317 g/mol. The zero-order valence-corrected chi connectivity index (χ0v) is 13.8. The molecule has 0 saturated carbocycles. The Balaban J connectivity index is 1.85. The summed E-state index contributed by atoms with van der Waals surface area (Å²) in [7, 11) is 0. The fourth-order valence-electron chi connectivity index (χ4n) is 2.52. The van der Waals surface area contributed by atoms with Gasteiger partial charge in [0.1, 0.15) is 11.6 Å². The van der Waals surface area contributed by atoms with Gasteiger partial charge in [-0.15, -0.1) is 0 Å². The number of hydrogen-bond acceptors (Lipinski definition) is 3. The number of carbonyl (C=O) groups excluding carboxylic acids is 1. The first-order valence-corrected chi connectivity index (χ1v) is 8.22. The average molecular weight is 317 g/mol. The molecule has 0 amide bonds. The van der Waals surface area contributed by atoms with Gasteiger partial charge in [0.05, 0.1) is 0 Å². The maximum Gasteiger partial charge on any atom is 0.199 e. The zero-order chi connectivity index (χ0) is 16.7. The molecule has 2 aromatic rings. The van der Waals surface area contributed by atoms with E-state index in [1.165, 1.54) is 12.1 Å². The quantitative estimate of drug-likeness (QED) is 0.699. The van der Waals surface area contributed by atoms with E-state index in [9.17, 15) is 9.18 Å². The molecule has 0 bridgehead atoms. The fraction of sp³-hybridized carbons (Fsp3) is 0.421. The Bertz CT molecular complexity index is 615. The Morgan fingerprint density at radius 1 is 1.13 bits per heavy atom.